The summed E-state index contributed by atoms with van der Waals surface area (Å²) < 4.78 is 50.8. The molecule has 1 fully saturated rings. The van der Waals surface area contributed by atoms with Crippen molar-refractivity contribution in [3.63, 3.8) is 0 Å². The Morgan fingerprint density at radius 2 is 1.19 bits per heavy atom. The summed E-state index contributed by atoms with van der Waals surface area (Å²) in [5.41, 5.74) is 1.06. The van der Waals surface area contributed by atoms with E-state index in [1.807, 2.05) is 0 Å². The molecule has 0 amide bonds. The second kappa shape index (κ2) is 19.0. The van der Waals surface area contributed by atoms with Gasteiger partial charge in [0.25, 0.3) is 0 Å². The molecular weight excluding hydrogens is 776 g/mol. The topological polar surface area (TPSA) is 220 Å². The largest absolute Gasteiger partial charge is 0.484 e. The molecule has 0 spiro atoms. The smallest absolute Gasteiger partial charge is 0.308 e. The van der Waals surface area contributed by atoms with Gasteiger partial charge in [-0.25, -0.2) is 0 Å². The van der Waals surface area contributed by atoms with Gasteiger partial charge in [-0.2, -0.15) is 0 Å². The SMILES string of the molecule is CC(=O)Oc1ccc(/C=C/C(=O)C[C@@H]2O[C@H](Oc3cc(OC(C)=O)c4c(c3)O[C@@H](c3ccc(OC(C)=O)cc3)CC4=O)[C@H](OC(C)=O)[C@H](OC(C)=O)[C@@H]2OC(C)=O)cc1. The van der Waals surface area contributed by atoms with Crippen molar-refractivity contribution in [3.05, 3.63) is 83.4 Å². The fourth-order valence-corrected chi connectivity index (χ4v) is 6.32. The normalized spacial score (nSPS) is 20.9. The van der Waals surface area contributed by atoms with Crippen LogP contribution in [0.1, 0.15) is 82.0 Å². The molecule has 0 aromatic heterocycles. The van der Waals surface area contributed by atoms with Crippen LogP contribution in [0.15, 0.2) is 66.7 Å². The number of Topliss-reactive ketones (excluding diaryl/α,β-unsaturated/α-hetero) is 1. The Balaban J connectivity index is 1.49. The van der Waals surface area contributed by atoms with Gasteiger partial charge in [0.2, 0.25) is 12.4 Å². The van der Waals surface area contributed by atoms with Gasteiger partial charge in [0, 0.05) is 60.1 Å². The van der Waals surface area contributed by atoms with Gasteiger partial charge >= 0.3 is 35.8 Å². The molecule has 17 heteroatoms. The van der Waals surface area contributed by atoms with Crippen molar-refractivity contribution >= 4 is 53.5 Å². The average Bonchev–Trinajstić information content (AvgIpc) is 3.13. The molecule has 0 N–H and O–H groups in total. The van der Waals surface area contributed by atoms with Gasteiger partial charge in [-0.05, 0) is 41.5 Å². The Bertz CT molecular complexity index is 2150. The predicted molar refractivity (Wildman–Crippen MR) is 200 cm³/mol. The first kappa shape index (κ1) is 43.2. The molecular formula is C42H40O17. The summed E-state index contributed by atoms with van der Waals surface area (Å²) in [5.74, 6) is -5.20. The highest BCUT2D eigenvalue weighted by molar-refractivity contribution is 6.03. The van der Waals surface area contributed by atoms with E-state index in [9.17, 15) is 38.4 Å². The van der Waals surface area contributed by atoms with Gasteiger partial charge in [0.15, 0.2) is 23.8 Å². The van der Waals surface area contributed by atoms with Gasteiger partial charge in [-0.3, -0.25) is 38.4 Å². The summed E-state index contributed by atoms with van der Waals surface area (Å²) in [4.78, 5) is 99.1. The Morgan fingerprint density at radius 3 is 1.75 bits per heavy atom. The summed E-state index contributed by atoms with van der Waals surface area (Å²) in [7, 11) is 0. The van der Waals surface area contributed by atoms with Crippen molar-refractivity contribution in [1.82, 2.24) is 0 Å². The maximum absolute atomic E-state index is 13.6. The standard InChI is InChI=1S/C42H40O17/c1-21(43)51-30-13-8-27(9-14-30)7-12-29(49)17-37-39(54-24(4)46)40(55-25(5)47)41(56-26(6)48)42(59-37)57-32-18-35(53-23(3)45)38-33(50)20-34(58-36(38)19-32)28-10-15-31(16-11-28)52-22(2)44/h7-16,18-19,34,37,39-42H,17,20H2,1-6H3/b12-7+/t34-,37+,39-,40-,41-,42+/m1/s1. The van der Waals surface area contributed by atoms with Crippen molar-refractivity contribution in [1.29, 1.82) is 0 Å². The number of carbonyl (C=O) groups is 8. The van der Waals surface area contributed by atoms with Gasteiger partial charge in [-0.15, -0.1) is 0 Å². The molecule has 0 unspecified atom stereocenters. The van der Waals surface area contributed by atoms with Crippen LogP contribution in [0.2, 0.25) is 0 Å². The number of hydrogen-bond donors (Lipinski definition) is 0. The second-order valence-corrected chi connectivity index (χ2v) is 13.3. The lowest BCUT2D eigenvalue weighted by Gasteiger charge is -2.44. The van der Waals surface area contributed by atoms with E-state index in [0.29, 0.717) is 16.9 Å². The van der Waals surface area contributed by atoms with Crippen molar-refractivity contribution in [2.45, 2.75) is 91.2 Å². The third kappa shape index (κ3) is 11.8. The number of benzene rings is 3. The lowest BCUT2D eigenvalue weighted by Crippen LogP contribution is -2.62. The Morgan fingerprint density at radius 1 is 0.644 bits per heavy atom. The van der Waals surface area contributed by atoms with E-state index < -0.39 is 90.6 Å². The number of carbonyl (C=O) groups excluding carboxylic acids is 8. The minimum Gasteiger partial charge on any atom is -0.484 e. The highest BCUT2D eigenvalue weighted by Gasteiger charge is 2.53. The Kier molecular flexibility index (Phi) is 14.0. The van der Waals surface area contributed by atoms with E-state index in [-0.39, 0.29) is 35.0 Å². The predicted octanol–water partition coefficient (Wildman–Crippen LogP) is 4.74. The summed E-state index contributed by atoms with van der Waals surface area (Å²) in [6.07, 6.45) is -6.48. The van der Waals surface area contributed by atoms with E-state index in [1.54, 1.807) is 24.3 Å². The monoisotopic (exact) mass is 816 g/mol. The number of rotatable bonds is 13. The summed E-state index contributed by atoms with van der Waals surface area (Å²) in [6.45, 7) is 6.86. The molecule has 2 aliphatic rings. The van der Waals surface area contributed by atoms with Crippen LogP contribution in [-0.4, -0.2) is 78.1 Å². The number of hydrogen-bond acceptors (Lipinski definition) is 17. The van der Waals surface area contributed by atoms with E-state index >= 15 is 0 Å². The average molecular weight is 817 g/mol. The Hall–Kier alpha value is -6.88. The summed E-state index contributed by atoms with van der Waals surface area (Å²) in [6, 6.07) is 15.1. The van der Waals surface area contributed by atoms with Crippen LogP contribution in [0.5, 0.6) is 28.7 Å². The van der Waals surface area contributed by atoms with Crippen molar-refractivity contribution in [2.75, 3.05) is 0 Å². The number of fused-ring (bicyclic) bond motifs is 1. The van der Waals surface area contributed by atoms with Crippen LogP contribution in [-0.2, 0) is 52.5 Å². The maximum atomic E-state index is 13.6. The lowest BCUT2D eigenvalue weighted by molar-refractivity contribution is -0.283. The first-order valence-electron chi connectivity index (χ1n) is 18.1. The second-order valence-electron chi connectivity index (χ2n) is 13.3. The molecule has 5 rings (SSSR count). The van der Waals surface area contributed by atoms with Crippen molar-refractivity contribution in [3.8, 4) is 28.7 Å². The van der Waals surface area contributed by atoms with E-state index in [2.05, 4.69) is 0 Å². The first-order valence-corrected chi connectivity index (χ1v) is 18.1. The van der Waals surface area contributed by atoms with Crippen LogP contribution < -0.4 is 23.7 Å². The molecule has 3 aromatic carbocycles. The van der Waals surface area contributed by atoms with Crippen LogP contribution >= 0.6 is 0 Å². The lowest BCUT2D eigenvalue weighted by atomic mass is 9.94. The molecule has 59 heavy (non-hydrogen) atoms. The molecule has 310 valence electrons. The fraction of sp³-hybridized carbons (Fsp3) is 0.333. The van der Waals surface area contributed by atoms with Gasteiger partial charge < -0.3 is 42.6 Å². The van der Waals surface area contributed by atoms with Crippen molar-refractivity contribution < 1.29 is 81.0 Å². The highest BCUT2D eigenvalue weighted by Crippen LogP contribution is 2.44. The van der Waals surface area contributed by atoms with E-state index in [1.165, 1.54) is 62.4 Å². The van der Waals surface area contributed by atoms with Gasteiger partial charge in [0.05, 0.1) is 6.42 Å². The molecule has 17 nitrogen and oxygen atoms in total. The van der Waals surface area contributed by atoms with Gasteiger partial charge in [-0.1, -0.05) is 30.3 Å². The fourth-order valence-electron chi connectivity index (χ4n) is 6.32. The number of ether oxygens (including phenoxy) is 9. The molecule has 1 saturated heterocycles. The zero-order chi connectivity index (χ0) is 43.0. The minimum absolute atomic E-state index is 0.0593. The quantitative estimate of drug-likeness (QED) is 0.0984. The molecule has 2 heterocycles. The number of ketones is 2. The highest BCUT2D eigenvalue weighted by atomic mass is 16.7. The summed E-state index contributed by atoms with van der Waals surface area (Å²) in [5, 5.41) is 0. The third-order valence-electron chi connectivity index (χ3n) is 8.48. The minimum atomic E-state index is -1.68. The molecule has 0 bridgehead atoms. The summed E-state index contributed by atoms with van der Waals surface area (Å²) >= 11 is 0. The zero-order valence-electron chi connectivity index (χ0n) is 32.7. The molecule has 0 radical (unpaired) electrons. The molecule has 0 aliphatic carbocycles. The zero-order valence-corrected chi connectivity index (χ0v) is 32.7. The van der Waals surface area contributed by atoms with Crippen LogP contribution in [0.3, 0.4) is 0 Å². The molecule has 0 saturated carbocycles. The van der Waals surface area contributed by atoms with Crippen LogP contribution in [0.25, 0.3) is 6.08 Å². The molecule has 6 atom stereocenters. The van der Waals surface area contributed by atoms with Gasteiger partial charge in [0.1, 0.15) is 46.5 Å². The molecule has 3 aromatic rings. The Labute approximate surface area is 337 Å². The maximum Gasteiger partial charge on any atom is 0.308 e. The number of allylic oxidation sites excluding steroid dienone is 1. The van der Waals surface area contributed by atoms with Crippen LogP contribution in [0.4, 0.5) is 0 Å². The van der Waals surface area contributed by atoms with Crippen molar-refractivity contribution in [2.24, 2.45) is 0 Å². The first-order chi connectivity index (χ1) is 27.9. The van der Waals surface area contributed by atoms with E-state index in [4.69, 9.17) is 42.6 Å². The molecule has 2 aliphatic heterocycles. The van der Waals surface area contributed by atoms with Crippen LogP contribution in [0, 0.1) is 0 Å². The number of esters is 6. The van der Waals surface area contributed by atoms with E-state index in [0.717, 1.165) is 27.7 Å². The third-order valence-corrected chi connectivity index (χ3v) is 8.48.